The van der Waals surface area contributed by atoms with E-state index in [1.54, 1.807) is 6.07 Å². The molecule has 0 aliphatic carbocycles. The van der Waals surface area contributed by atoms with Gasteiger partial charge in [0.05, 0.1) is 5.69 Å². The van der Waals surface area contributed by atoms with Crippen LogP contribution in [-0.2, 0) is 6.54 Å². The van der Waals surface area contributed by atoms with Crippen LogP contribution in [-0.4, -0.2) is 24.9 Å². The maximum Gasteiger partial charge on any atom is 0.255 e. The number of anilines is 2. The molecular weight excluding hydrogens is 269 g/mol. The van der Waals surface area contributed by atoms with Crippen LogP contribution in [0.25, 0.3) is 0 Å². The van der Waals surface area contributed by atoms with E-state index in [-0.39, 0.29) is 17.2 Å². The SMILES string of the molecule is CN(C)Cc1cccc(NC(=O)c2ccc(N)c(F)c2)c1. The number of nitrogens with zero attached hydrogens (tertiary/aromatic N) is 1. The monoisotopic (exact) mass is 287 g/mol. The van der Waals surface area contributed by atoms with Gasteiger partial charge in [-0.25, -0.2) is 4.39 Å². The number of carbonyl (C=O) groups is 1. The minimum Gasteiger partial charge on any atom is -0.396 e. The predicted octanol–water partition coefficient (Wildman–Crippen LogP) is 2.72. The fourth-order valence-electron chi connectivity index (χ4n) is 1.98. The Bertz CT molecular complexity index is 656. The number of hydrogen-bond donors (Lipinski definition) is 2. The van der Waals surface area contributed by atoms with E-state index in [2.05, 4.69) is 5.32 Å². The molecule has 0 aliphatic heterocycles. The van der Waals surface area contributed by atoms with Gasteiger partial charge in [0.2, 0.25) is 0 Å². The van der Waals surface area contributed by atoms with Gasteiger partial charge in [0, 0.05) is 17.8 Å². The Balaban J connectivity index is 2.13. The Hall–Kier alpha value is -2.40. The van der Waals surface area contributed by atoms with Gasteiger partial charge < -0.3 is 16.0 Å². The van der Waals surface area contributed by atoms with Gasteiger partial charge in [-0.05, 0) is 50.0 Å². The van der Waals surface area contributed by atoms with Crippen LogP contribution in [0.1, 0.15) is 15.9 Å². The summed E-state index contributed by atoms with van der Waals surface area (Å²) >= 11 is 0. The second-order valence-corrected chi connectivity index (χ2v) is 5.13. The molecule has 1 amide bonds. The van der Waals surface area contributed by atoms with Gasteiger partial charge in [-0.3, -0.25) is 4.79 Å². The molecule has 0 atom stereocenters. The molecule has 0 aliphatic rings. The van der Waals surface area contributed by atoms with Crippen LogP contribution in [0.4, 0.5) is 15.8 Å². The normalized spacial score (nSPS) is 10.7. The summed E-state index contributed by atoms with van der Waals surface area (Å²) in [6.45, 7) is 0.778. The number of nitrogen functional groups attached to an aromatic ring is 1. The van der Waals surface area contributed by atoms with Crippen LogP contribution < -0.4 is 11.1 Å². The predicted molar refractivity (Wildman–Crippen MR) is 82.6 cm³/mol. The largest absolute Gasteiger partial charge is 0.396 e. The molecule has 0 aromatic heterocycles. The quantitative estimate of drug-likeness (QED) is 0.850. The Morgan fingerprint density at radius 3 is 2.67 bits per heavy atom. The first kappa shape index (κ1) is 15.0. The first-order valence-corrected chi connectivity index (χ1v) is 6.56. The summed E-state index contributed by atoms with van der Waals surface area (Å²) < 4.78 is 13.4. The first-order chi connectivity index (χ1) is 9.95. The summed E-state index contributed by atoms with van der Waals surface area (Å²) in [4.78, 5) is 14.1. The highest BCUT2D eigenvalue weighted by Crippen LogP contribution is 2.16. The van der Waals surface area contributed by atoms with E-state index < -0.39 is 5.82 Å². The summed E-state index contributed by atoms with van der Waals surface area (Å²) in [7, 11) is 3.95. The third-order valence-corrected chi connectivity index (χ3v) is 2.95. The molecule has 0 saturated heterocycles. The number of halogens is 1. The van der Waals surface area contributed by atoms with Crippen molar-refractivity contribution in [3.05, 3.63) is 59.4 Å². The standard InChI is InChI=1S/C16H18FN3O/c1-20(2)10-11-4-3-5-13(8-11)19-16(21)12-6-7-15(18)14(17)9-12/h3-9H,10,18H2,1-2H3,(H,19,21). The van der Waals surface area contributed by atoms with E-state index in [0.717, 1.165) is 18.2 Å². The average Bonchev–Trinajstić information content (AvgIpc) is 2.41. The molecule has 0 heterocycles. The summed E-state index contributed by atoms with van der Waals surface area (Å²) in [6, 6.07) is 11.6. The Morgan fingerprint density at radius 1 is 1.24 bits per heavy atom. The molecule has 2 aromatic carbocycles. The molecule has 5 heteroatoms. The molecule has 2 rings (SSSR count). The molecule has 0 spiro atoms. The van der Waals surface area contributed by atoms with Crippen LogP contribution in [0.5, 0.6) is 0 Å². The zero-order valence-electron chi connectivity index (χ0n) is 12.1. The molecule has 0 saturated carbocycles. The Labute approximate surface area is 123 Å². The number of carbonyl (C=O) groups excluding carboxylic acids is 1. The lowest BCUT2D eigenvalue weighted by atomic mass is 10.1. The van der Waals surface area contributed by atoms with Crippen molar-refractivity contribution >= 4 is 17.3 Å². The van der Waals surface area contributed by atoms with Gasteiger partial charge >= 0.3 is 0 Å². The van der Waals surface area contributed by atoms with E-state index in [9.17, 15) is 9.18 Å². The average molecular weight is 287 g/mol. The topological polar surface area (TPSA) is 58.4 Å². The fourth-order valence-corrected chi connectivity index (χ4v) is 1.98. The highest BCUT2D eigenvalue weighted by Gasteiger charge is 2.09. The number of amides is 1. The van der Waals surface area contributed by atoms with Gasteiger partial charge in [-0.15, -0.1) is 0 Å². The molecule has 2 aromatic rings. The van der Waals surface area contributed by atoms with Crippen LogP contribution in [0.15, 0.2) is 42.5 Å². The number of nitrogens with two attached hydrogens (primary N) is 1. The zero-order valence-corrected chi connectivity index (χ0v) is 12.1. The van der Waals surface area contributed by atoms with Crippen molar-refractivity contribution in [2.45, 2.75) is 6.54 Å². The minimum absolute atomic E-state index is 0.0273. The van der Waals surface area contributed by atoms with Gasteiger partial charge in [-0.1, -0.05) is 12.1 Å². The summed E-state index contributed by atoms with van der Waals surface area (Å²) in [5, 5.41) is 2.75. The fraction of sp³-hybridized carbons (Fsp3) is 0.188. The number of rotatable bonds is 4. The van der Waals surface area contributed by atoms with Crippen LogP contribution in [0.3, 0.4) is 0 Å². The van der Waals surface area contributed by atoms with E-state index in [1.165, 1.54) is 12.1 Å². The van der Waals surface area contributed by atoms with Crippen molar-refractivity contribution in [2.75, 3.05) is 25.1 Å². The molecule has 0 unspecified atom stereocenters. The molecule has 110 valence electrons. The molecular formula is C16H18FN3O. The lowest BCUT2D eigenvalue weighted by Crippen LogP contribution is -2.14. The van der Waals surface area contributed by atoms with Gasteiger partial charge in [0.1, 0.15) is 5.82 Å². The van der Waals surface area contributed by atoms with Crippen molar-refractivity contribution in [1.29, 1.82) is 0 Å². The first-order valence-electron chi connectivity index (χ1n) is 6.56. The number of benzene rings is 2. The summed E-state index contributed by atoms with van der Waals surface area (Å²) in [6.07, 6.45) is 0. The molecule has 0 fully saturated rings. The highest BCUT2D eigenvalue weighted by molar-refractivity contribution is 6.04. The van der Waals surface area contributed by atoms with Crippen molar-refractivity contribution < 1.29 is 9.18 Å². The smallest absolute Gasteiger partial charge is 0.255 e. The third kappa shape index (κ3) is 4.03. The van der Waals surface area contributed by atoms with Crippen molar-refractivity contribution in [1.82, 2.24) is 4.90 Å². The lowest BCUT2D eigenvalue weighted by molar-refractivity contribution is 0.102. The van der Waals surface area contributed by atoms with Crippen molar-refractivity contribution in [2.24, 2.45) is 0 Å². The van der Waals surface area contributed by atoms with E-state index in [0.29, 0.717) is 5.69 Å². The lowest BCUT2D eigenvalue weighted by Gasteiger charge is -2.11. The number of hydrogen-bond acceptors (Lipinski definition) is 3. The van der Waals surface area contributed by atoms with Crippen molar-refractivity contribution in [3.63, 3.8) is 0 Å². The van der Waals surface area contributed by atoms with Gasteiger partial charge in [0.25, 0.3) is 5.91 Å². The third-order valence-electron chi connectivity index (χ3n) is 2.95. The maximum atomic E-state index is 13.4. The maximum absolute atomic E-state index is 13.4. The Morgan fingerprint density at radius 2 is 2.00 bits per heavy atom. The second kappa shape index (κ2) is 6.37. The summed E-state index contributed by atoms with van der Waals surface area (Å²) in [5.41, 5.74) is 7.42. The van der Waals surface area contributed by atoms with E-state index in [4.69, 9.17) is 5.73 Å². The molecule has 0 radical (unpaired) electrons. The molecule has 4 nitrogen and oxygen atoms in total. The van der Waals surface area contributed by atoms with Crippen molar-refractivity contribution in [3.8, 4) is 0 Å². The zero-order chi connectivity index (χ0) is 15.4. The molecule has 0 bridgehead atoms. The minimum atomic E-state index is -0.594. The summed E-state index contributed by atoms with van der Waals surface area (Å²) in [5.74, 6) is -0.958. The van der Waals surface area contributed by atoms with Crippen LogP contribution in [0, 0.1) is 5.82 Å². The molecule has 21 heavy (non-hydrogen) atoms. The van der Waals surface area contributed by atoms with E-state index >= 15 is 0 Å². The molecule has 3 N–H and O–H groups in total. The Kier molecular flexibility index (Phi) is 4.55. The highest BCUT2D eigenvalue weighted by atomic mass is 19.1. The number of nitrogens with one attached hydrogen (secondary N) is 1. The van der Waals surface area contributed by atoms with Gasteiger partial charge in [-0.2, -0.15) is 0 Å². The van der Waals surface area contributed by atoms with Crippen LogP contribution >= 0.6 is 0 Å². The van der Waals surface area contributed by atoms with E-state index in [1.807, 2.05) is 37.2 Å². The van der Waals surface area contributed by atoms with Gasteiger partial charge in [0.15, 0.2) is 0 Å². The second-order valence-electron chi connectivity index (χ2n) is 5.13. The van der Waals surface area contributed by atoms with Crippen LogP contribution in [0.2, 0.25) is 0 Å².